The molecule has 1 aliphatic rings. The fraction of sp³-hybridized carbons (Fsp3) is 0.286. The molecule has 0 saturated carbocycles. The van der Waals surface area contributed by atoms with Crippen molar-refractivity contribution in [2.75, 3.05) is 18.5 Å². The minimum absolute atomic E-state index is 0.172. The maximum Gasteiger partial charge on any atom is 0.204 e. The van der Waals surface area contributed by atoms with Crippen molar-refractivity contribution in [1.29, 1.82) is 0 Å². The molecule has 8 heteroatoms. The van der Waals surface area contributed by atoms with E-state index in [1.54, 1.807) is 12.4 Å². The van der Waals surface area contributed by atoms with Gasteiger partial charge in [0, 0.05) is 24.5 Å². The molecule has 4 aromatic rings. The maximum absolute atomic E-state index is 15.2. The zero-order valence-electron chi connectivity index (χ0n) is 16.4. The summed E-state index contributed by atoms with van der Waals surface area (Å²) in [6.07, 6.45) is 3.53. The van der Waals surface area contributed by atoms with E-state index in [2.05, 4.69) is 20.4 Å². The van der Waals surface area contributed by atoms with E-state index < -0.39 is 5.82 Å². The van der Waals surface area contributed by atoms with Crippen LogP contribution in [-0.4, -0.2) is 32.8 Å². The second-order valence-electron chi connectivity index (χ2n) is 7.08. The van der Waals surface area contributed by atoms with Crippen molar-refractivity contribution in [3.63, 3.8) is 0 Å². The number of anilines is 1. The molecule has 0 radical (unpaired) electrons. The summed E-state index contributed by atoms with van der Waals surface area (Å²) in [5.74, 6) is 1.41. The van der Waals surface area contributed by atoms with E-state index in [9.17, 15) is 0 Å². The number of aryl methyl sites for hydroxylation is 2. The average molecular weight is 393 g/mol. The van der Waals surface area contributed by atoms with Gasteiger partial charge in [-0.2, -0.15) is 0 Å². The SMILES string of the molecule is CCNc1nc2c(F)cc(-c3c(C)noc3C)c3c2n1C(c1cccnc1)CO3. The number of hydrogen-bond donors (Lipinski definition) is 1. The van der Waals surface area contributed by atoms with Crippen molar-refractivity contribution >= 4 is 17.0 Å². The lowest BCUT2D eigenvalue weighted by molar-refractivity contribution is 0.261. The summed E-state index contributed by atoms with van der Waals surface area (Å²) < 4.78 is 28.7. The molecule has 0 bridgehead atoms. The van der Waals surface area contributed by atoms with Crippen LogP contribution < -0.4 is 10.1 Å². The third-order valence-electron chi connectivity index (χ3n) is 5.27. The van der Waals surface area contributed by atoms with Gasteiger partial charge in [-0.25, -0.2) is 9.37 Å². The van der Waals surface area contributed by atoms with Crippen LogP contribution in [0, 0.1) is 19.7 Å². The van der Waals surface area contributed by atoms with Crippen LogP contribution in [0.3, 0.4) is 0 Å². The molecule has 5 rings (SSSR count). The Morgan fingerprint density at radius 1 is 1.34 bits per heavy atom. The van der Waals surface area contributed by atoms with Gasteiger partial charge >= 0.3 is 0 Å². The first-order valence-electron chi connectivity index (χ1n) is 9.54. The molecule has 148 valence electrons. The standard InChI is InChI=1S/C21H20FN5O2/c1-4-24-21-25-18-15(22)8-14(17-11(2)26-29-12(17)3)20-19(18)27(21)16(10-28-20)13-6-5-7-23-9-13/h5-9,16H,4,10H2,1-3H3,(H,24,25). The van der Waals surface area contributed by atoms with Crippen molar-refractivity contribution in [3.8, 4) is 16.9 Å². The van der Waals surface area contributed by atoms with Gasteiger partial charge in [-0.15, -0.1) is 0 Å². The van der Waals surface area contributed by atoms with Gasteiger partial charge in [0.25, 0.3) is 0 Å². The van der Waals surface area contributed by atoms with Crippen LogP contribution in [0.2, 0.25) is 0 Å². The van der Waals surface area contributed by atoms with Crippen LogP contribution in [0.25, 0.3) is 22.2 Å². The molecule has 0 fully saturated rings. The lowest BCUT2D eigenvalue weighted by atomic mass is 10.00. The fourth-order valence-corrected chi connectivity index (χ4v) is 4.05. The monoisotopic (exact) mass is 393 g/mol. The summed E-state index contributed by atoms with van der Waals surface area (Å²) in [6.45, 7) is 6.68. The predicted molar refractivity (Wildman–Crippen MR) is 107 cm³/mol. The fourth-order valence-electron chi connectivity index (χ4n) is 4.05. The number of nitrogens with one attached hydrogen (secondary N) is 1. The molecule has 0 aliphatic carbocycles. The van der Waals surface area contributed by atoms with Crippen molar-refractivity contribution in [1.82, 2.24) is 19.7 Å². The van der Waals surface area contributed by atoms with E-state index in [-0.39, 0.29) is 11.6 Å². The van der Waals surface area contributed by atoms with E-state index in [4.69, 9.17) is 9.26 Å². The highest BCUT2D eigenvalue weighted by Gasteiger charge is 2.33. The number of aromatic nitrogens is 4. The number of ether oxygens (including phenoxy) is 1. The predicted octanol–water partition coefficient (Wildman–Crippen LogP) is 4.26. The number of benzene rings is 1. The third kappa shape index (κ3) is 2.59. The number of rotatable bonds is 4. The first-order chi connectivity index (χ1) is 14.1. The number of pyridine rings is 1. The summed E-state index contributed by atoms with van der Waals surface area (Å²) in [5.41, 5.74) is 3.93. The van der Waals surface area contributed by atoms with Gasteiger partial charge in [0.05, 0.1) is 17.3 Å². The van der Waals surface area contributed by atoms with Gasteiger partial charge in [-0.3, -0.25) is 9.55 Å². The summed E-state index contributed by atoms with van der Waals surface area (Å²) in [4.78, 5) is 8.79. The van der Waals surface area contributed by atoms with Gasteiger partial charge in [0.15, 0.2) is 11.6 Å². The van der Waals surface area contributed by atoms with E-state index >= 15 is 4.39 Å². The Morgan fingerprint density at radius 3 is 2.90 bits per heavy atom. The molecule has 1 aliphatic heterocycles. The molecular weight excluding hydrogens is 373 g/mol. The molecule has 1 unspecified atom stereocenters. The summed E-state index contributed by atoms with van der Waals surface area (Å²) >= 11 is 0. The first kappa shape index (κ1) is 17.7. The lowest BCUT2D eigenvalue weighted by Crippen LogP contribution is -2.25. The molecule has 1 N–H and O–H groups in total. The Labute approximate surface area is 166 Å². The Balaban J connectivity index is 1.84. The molecule has 4 heterocycles. The van der Waals surface area contributed by atoms with Crippen LogP contribution in [-0.2, 0) is 0 Å². The third-order valence-corrected chi connectivity index (χ3v) is 5.27. The first-order valence-corrected chi connectivity index (χ1v) is 9.54. The van der Waals surface area contributed by atoms with Gasteiger partial charge < -0.3 is 14.6 Å². The quantitative estimate of drug-likeness (QED) is 0.558. The van der Waals surface area contributed by atoms with E-state index in [0.29, 0.717) is 47.4 Å². The van der Waals surface area contributed by atoms with Crippen LogP contribution >= 0.6 is 0 Å². The maximum atomic E-state index is 15.2. The van der Waals surface area contributed by atoms with Crippen LogP contribution in [0.4, 0.5) is 10.3 Å². The Kier molecular flexibility index (Phi) is 4.01. The van der Waals surface area contributed by atoms with Crippen molar-refractivity contribution in [2.24, 2.45) is 0 Å². The topological polar surface area (TPSA) is 78.0 Å². The molecule has 29 heavy (non-hydrogen) atoms. The normalized spacial score (nSPS) is 15.5. The summed E-state index contributed by atoms with van der Waals surface area (Å²) in [7, 11) is 0. The zero-order chi connectivity index (χ0) is 20.1. The van der Waals surface area contributed by atoms with E-state index in [1.807, 2.05) is 37.5 Å². The molecule has 1 aromatic carbocycles. The van der Waals surface area contributed by atoms with Crippen molar-refractivity contribution < 1.29 is 13.7 Å². The Bertz CT molecular complexity index is 1200. The minimum Gasteiger partial charge on any atom is -0.488 e. The molecule has 0 spiro atoms. The molecule has 0 saturated heterocycles. The van der Waals surface area contributed by atoms with E-state index in [1.165, 1.54) is 6.07 Å². The zero-order valence-corrected chi connectivity index (χ0v) is 16.4. The van der Waals surface area contributed by atoms with Crippen molar-refractivity contribution in [2.45, 2.75) is 26.8 Å². The molecular formula is C21H20FN5O2. The minimum atomic E-state index is -0.410. The second-order valence-corrected chi connectivity index (χ2v) is 7.08. The largest absolute Gasteiger partial charge is 0.488 e. The summed E-state index contributed by atoms with van der Waals surface area (Å²) in [6, 6.07) is 5.16. The molecule has 1 atom stereocenters. The highest BCUT2D eigenvalue weighted by atomic mass is 19.1. The molecule has 7 nitrogen and oxygen atoms in total. The van der Waals surface area contributed by atoms with Gasteiger partial charge in [0.2, 0.25) is 5.95 Å². The van der Waals surface area contributed by atoms with Crippen LogP contribution in [0.1, 0.15) is 30.0 Å². The number of hydrogen-bond acceptors (Lipinski definition) is 6. The van der Waals surface area contributed by atoms with Gasteiger partial charge in [0.1, 0.15) is 23.4 Å². The Hall–Kier alpha value is -3.42. The second kappa shape index (κ2) is 6.58. The van der Waals surface area contributed by atoms with Crippen LogP contribution in [0.15, 0.2) is 35.1 Å². The number of nitrogens with zero attached hydrogens (tertiary/aromatic N) is 4. The van der Waals surface area contributed by atoms with Gasteiger partial charge in [-0.1, -0.05) is 11.2 Å². The summed E-state index contributed by atoms with van der Waals surface area (Å²) in [5, 5.41) is 7.28. The number of halogens is 1. The van der Waals surface area contributed by atoms with E-state index in [0.717, 1.165) is 11.1 Å². The highest BCUT2D eigenvalue weighted by Crippen LogP contribution is 2.46. The van der Waals surface area contributed by atoms with Crippen LogP contribution in [0.5, 0.6) is 5.75 Å². The number of imidazole rings is 1. The average Bonchev–Trinajstić information content (AvgIpc) is 3.27. The van der Waals surface area contributed by atoms with Crippen molar-refractivity contribution in [3.05, 3.63) is 53.4 Å². The van der Waals surface area contributed by atoms with Gasteiger partial charge in [-0.05, 0) is 38.5 Å². The Morgan fingerprint density at radius 2 is 2.21 bits per heavy atom. The molecule has 0 amide bonds. The smallest absolute Gasteiger partial charge is 0.204 e. The highest BCUT2D eigenvalue weighted by molar-refractivity contribution is 5.94. The lowest BCUT2D eigenvalue weighted by Gasteiger charge is -2.28. The molecule has 3 aromatic heterocycles.